The molecule has 0 amide bonds. The van der Waals surface area contributed by atoms with E-state index in [0.29, 0.717) is 22.5 Å². The highest BCUT2D eigenvalue weighted by molar-refractivity contribution is 7.80. The molecule has 0 aliphatic carbocycles. The quantitative estimate of drug-likeness (QED) is 0.827. The van der Waals surface area contributed by atoms with E-state index in [1.54, 1.807) is 12.3 Å². The number of thiocarbonyl (C=S) groups is 1. The van der Waals surface area contributed by atoms with Crippen LogP contribution in [0.25, 0.3) is 0 Å². The normalized spacial score (nSPS) is 9.95. The molecule has 0 bridgehead atoms. The van der Waals surface area contributed by atoms with Gasteiger partial charge in [0.05, 0.1) is 16.9 Å². The van der Waals surface area contributed by atoms with Crippen LogP contribution < -0.4 is 10.6 Å². The minimum Gasteiger partial charge on any atom is -0.362 e. The third-order valence-electron chi connectivity index (χ3n) is 2.20. The van der Waals surface area contributed by atoms with Gasteiger partial charge in [0.2, 0.25) is 0 Å². The van der Waals surface area contributed by atoms with Crippen LogP contribution >= 0.6 is 23.8 Å². The fourth-order valence-corrected chi connectivity index (χ4v) is 1.66. The van der Waals surface area contributed by atoms with Gasteiger partial charge in [-0.15, -0.1) is 5.10 Å². The molecule has 8 heteroatoms. The smallest absolute Gasteiger partial charge is 0.173 e. The van der Waals surface area contributed by atoms with E-state index in [2.05, 4.69) is 31.0 Å². The number of hydrogen-bond donors (Lipinski definition) is 2. The van der Waals surface area contributed by atoms with Gasteiger partial charge in [-0.3, -0.25) is 0 Å². The van der Waals surface area contributed by atoms with E-state index in [9.17, 15) is 0 Å². The molecule has 0 aliphatic heterocycles. The number of anilines is 1. The molecule has 0 unspecified atom stereocenters. The molecule has 2 aromatic rings. The third-order valence-corrected chi connectivity index (χ3v) is 2.75. The molecular formula is C11H11ClN6S. The molecule has 0 aromatic carbocycles. The van der Waals surface area contributed by atoms with Crippen LogP contribution in [0, 0.1) is 0 Å². The van der Waals surface area contributed by atoms with Gasteiger partial charge in [0.1, 0.15) is 0 Å². The fourth-order valence-electron chi connectivity index (χ4n) is 1.32. The van der Waals surface area contributed by atoms with Gasteiger partial charge in [0.15, 0.2) is 10.9 Å². The van der Waals surface area contributed by atoms with E-state index < -0.39 is 0 Å². The minimum atomic E-state index is 0.432. The second-order valence-corrected chi connectivity index (χ2v) is 4.39. The number of nitrogens with one attached hydrogen (secondary N) is 2. The summed E-state index contributed by atoms with van der Waals surface area (Å²) < 4.78 is 0. The molecule has 0 saturated heterocycles. The lowest BCUT2D eigenvalue weighted by molar-refractivity contribution is 0.817. The Hall–Kier alpha value is -1.86. The van der Waals surface area contributed by atoms with Crippen molar-refractivity contribution in [3.8, 4) is 0 Å². The van der Waals surface area contributed by atoms with Gasteiger partial charge in [-0.1, -0.05) is 11.6 Å². The first-order chi connectivity index (χ1) is 9.25. The Labute approximate surface area is 120 Å². The first kappa shape index (κ1) is 13.6. The van der Waals surface area contributed by atoms with Crippen LogP contribution in [0.15, 0.2) is 30.6 Å². The minimum absolute atomic E-state index is 0.432. The lowest BCUT2D eigenvalue weighted by Crippen LogP contribution is -2.30. The van der Waals surface area contributed by atoms with Crippen molar-refractivity contribution in [2.75, 3.05) is 11.9 Å². The SMILES string of the molecule is S=C(NCCc1cccnn1)Nc1nnccc1Cl. The van der Waals surface area contributed by atoms with Crippen molar-refractivity contribution in [1.29, 1.82) is 0 Å². The topological polar surface area (TPSA) is 75.6 Å². The van der Waals surface area contributed by atoms with E-state index in [4.69, 9.17) is 23.8 Å². The Balaban J connectivity index is 1.78. The Morgan fingerprint density at radius 2 is 2.05 bits per heavy atom. The van der Waals surface area contributed by atoms with Crippen molar-refractivity contribution in [1.82, 2.24) is 25.7 Å². The van der Waals surface area contributed by atoms with Crippen molar-refractivity contribution >= 4 is 34.7 Å². The molecule has 2 N–H and O–H groups in total. The monoisotopic (exact) mass is 294 g/mol. The molecule has 0 atom stereocenters. The Morgan fingerprint density at radius 1 is 1.21 bits per heavy atom. The van der Waals surface area contributed by atoms with E-state index >= 15 is 0 Å². The average Bonchev–Trinajstić information content (AvgIpc) is 2.43. The first-order valence-corrected chi connectivity index (χ1v) is 6.33. The third kappa shape index (κ3) is 4.38. The maximum absolute atomic E-state index is 5.93. The lowest BCUT2D eigenvalue weighted by atomic mass is 10.3. The van der Waals surface area contributed by atoms with Crippen LogP contribution in [-0.2, 0) is 6.42 Å². The molecule has 6 nitrogen and oxygen atoms in total. The summed E-state index contributed by atoms with van der Waals surface area (Å²) in [7, 11) is 0. The number of halogens is 1. The second kappa shape index (κ2) is 6.91. The maximum atomic E-state index is 5.93. The van der Waals surface area contributed by atoms with Gasteiger partial charge >= 0.3 is 0 Å². The van der Waals surface area contributed by atoms with Crippen LogP contribution in [0.2, 0.25) is 5.02 Å². The molecule has 0 saturated carbocycles. The molecule has 98 valence electrons. The maximum Gasteiger partial charge on any atom is 0.173 e. The zero-order chi connectivity index (χ0) is 13.5. The van der Waals surface area contributed by atoms with Crippen molar-refractivity contribution < 1.29 is 0 Å². The molecule has 19 heavy (non-hydrogen) atoms. The van der Waals surface area contributed by atoms with Gasteiger partial charge in [0, 0.05) is 19.2 Å². The lowest BCUT2D eigenvalue weighted by Gasteiger charge is -2.09. The molecule has 2 rings (SSSR count). The molecule has 2 aromatic heterocycles. The summed E-state index contributed by atoms with van der Waals surface area (Å²) in [4.78, 5) is 0. The number of hydrogen-bond acceptors (Lipinski definition) is 5. The molecule has 0 spiro atoms. The number of aromatic nitrogens is 4. The average molecular weight is 295 g/mol. The van der Waals surface area contributed by atoms with Gasteiger partial charge in [-0.2, -0.15) is 15.3 Å². The van der Waals surface area contributed by atoms with Gasteiger partial charge < -0.3 is 10.6 Å². The predicted molar refractivity (Wildman–Crippen MR) is 77.0 cm³/mol. The van der Waals surface area contributed by atoms with E-state index in [0.717, 1.165) is 12.1 Å². The van der Waals surface area contributed by atoms with Gasteiger partial charge in [-0.05, 0) is 30.4 Å². The summed E-state index contributed by atoms with van der Waals surface area (Å²) in [5, 5.41) is 22.2. The van der Waals surface area contributed by atoms with Crippen LogP contribution in [-0.4, -0.2) is 32.1 Å². The van der Waals surface area contributed by atoms with E-state index in [1.165, 1.54) is 6.20 Å². The van der Waals surface area contributed by atoms with Gasteiger partial charge in [-0.25, -0.2) is 0 Å². The molecule has 0 aliphatic rings. The largest absolute Gasteiger partial charge is 0.362 e. The summed E-state index contributed by atoms with van der Waals surface area (Å²) in [6, 6.07) is 5.39. The van der Waals surface area contributed by atoms with E-state index in [-0.39, 0.29) is 0 Å². The molecule has 2 heterocycles. The highest BCUT2D eigenvalue weighted by Gasteiger charge is 2.03. The highest BCUT2D eigenvalue weighted by atomic mass is 35.5. The zero-order valence-electron chi connectivity index (χ0n) is 9.88. The fraction of sp³-hybridized carbons (Fsp3) is 0.182. The molecule has 0 fully saturated rings. The van der Waals surface area contributed by atoms with Crippen molar-refractivity contribution in [2.45, 2.75) is 6.42 Å². The summed E-state index contributed by atoms with van der Waals surface area (Å²) in [6.07, 6.45) is 3.88. The van der Waals surface area contributed by atoms with Crippen molar-refractivity contribution in [3.05, 3.63) is 41.3 Å². The second-order valence-electron chi connectivity index (χ2n) is 3.57. The Kier molecular flexibility index (Phi) is 4.93. The summed E-state index contributed by atoms with van der Waals surface area (Å²) in [6.45, 7) is 0.641. The van der Waals surface area contributed by atoms with Crippen LogP contribution in [0.3, 0.4) is 0 Å². The summed E-state index contributed by atoms with van der Waals surface area (Å²) >= 11 is 11.1. The van der Waals surface area contributed by atoms with Crippen molar-refractivity contribution in [3.63, 3.8) is 0 Å². The summed E-state index contributed by atoms with van der Waals surface area (Å²) in [5.41, 5.74) is 0.898. The Bertz CT molecular complexity index is 550. The zero-order valence-corrected chi connectivity index (χ0v) is 11.4. The number of rotatable bonds is 4. The van der Waals surface area contributed by atoms with Crippen molar-refractivity contribution in [2.24, 2.45) is 0 Å². The standard InChI is InChI=1S/C11H11ClN6S/c12-9-4-7-15-18-10(9)16-11(19)13-6-3-8-2-1-5-14-17-8/h1-2,4-5,7H,3,6H2,(H2,13,16,18,19). The molecular weight excluding hydrogens is 284 g/mol. The highest BCUT2D eigenvalue weighted by Crippen LogP contribution is 2.15. The van der Waals surface area contributed by atoms with E-state index in [1.807, 2.05) is 12.1 Å². The van der Waals surface area contributed by atoms with Gasteiger partial charge in [0.25, 0.3) is 0 Å². The number of nitrogens with zero attached hydrogens (tertiary/aromatic N) is 4. The molecule has 0 radical (unpaired) electrons. The van der Waals surface area contributed by atoms with Crippen LogP contribution in [0.1, 0.15) is 5.69 Å². The van der Waals surface area contributed by atoms with Crippen LogP contribution in [0.5, 0.6) is 0 Å². The first-order valence-electron chi connectivity index (χ1n) is 5.54. The van der Waals surface area contributed by atoms with Crippen LogP contribution in [0.4, 0.5) is 5.82 Å². The predicted octanol–water partition coefficient (Wildman–Crippen LogP) is 1.45. The Morgan fingerprint density at radius 3 is 2.79 bits per heavy atom. The summed E-state index contributed by atoms with van der Waals surface area (Å²) in [5.74, 6) is 0.432.